The molecule has 2 amide bonds. The van der Waals surface area contributed by atoms with Crippen molar-refractivity contribution in [2.24, 2.45) is 0 Å². The number of rotatable bonds is 9. The lowest BCUT2D eigenvalue weighted by Crippen LogP contribution is -2.39. The summed E-state index contributed by atoms with van der Waals surface area (Å²) in [6, 6.07) is 26.5. The first-order valence-electron chi connectivity index (χ1n) is 10.0. The molecule has 3 rings (SSSR count). The average Bonchev–Trinajstić information content (AvgIpc) is 2.79. The van der Waals surface area contributed by atoms with Crippen molar-refractivity contribution in [3.8, 4) is 5.75 Å². The van der Waals surface area contributed by atoms with Gasteiger partial charge >= 0.3 is 0 Å². The number of amides is 2. The zero-order valence-corrected chi connectivity index (χ0v) is 17.0. The van der Waals surface area contributed by atoms with Gasteiger partial charge in [0.2, 0.25) is 5.91 Å². The fraction of sp³-hybridized carbons (Fsp3) is 0.200. The van der Waals surface area contributed by atoms with Crippen LogP contribution in [-0.4, -0.2) is 25.0 Å². The van der Waals surface area contributed by atoms with E-state index in [0.29, 0.717) is 24.3 Å². The van der Waals surface area contributed by atoms with E-state index in [2.05, 4.69) is 10.6 Å². The monoisotopic (exact) mass is 402 g/mol. The van der Waals surface area contributed by atoms with Crippen molar-refractivity contribution in [1.29, 1.82) is 0 Å². The topological polar surface area (TPSA) is 67.4 Å². The maximum absolute atomic E-state index is 12.5. The van der Waals surface area contributed by atoms with E-state index in [1.807, 2.05) is 67.6 Å². The second-order valence-electron chi connectivity index (χ2n) is 6.86. The molecule has 0 aromatic heterocycles. The molecule has 0 saturated heterocycles. The summed E-state index contributed by atoms with van der Waals surface area (Å²) in [7, 11) is 0. The van der Waals surface area contributed by atoms with Gasteiger partial charge in [0.05, 0.1) is 19.2 Å². The highest BCUT2D eigenvalue weighted by Crippen LogP contribution is 2.18. The van der Waals surface area contributed by atoms with Crippen LogP contribution in [0.25, 0.3) is 0 Å². The van der Waals surface area contributed by atoms with E-state index in [1.165, 1.54) is 0 Å². The normalized spacial score (nSPS) is 11.4. The number of carbonyl (C=O) groups is 2. The summed E-state index contributed by atoms with van der Waals surface area (Å²) in [6.45, 7) is 2.38. The van der Waals surface area contributed by atoms with Gasteiger partial charge in [-0.05, 0) is 48.7 Å². The summed E-state index contributed by atoms with van der Waals surface area (Å²) < 4.78 is 5.38. The van der Waals surface area contributed by atoms with Crippen LogP contribution in [0.5, 0.6) is 5.75 Å². The Hall–Kier alpha value is -3.60. The summed E-state index contributed by atoms with van der Waals surface area (Å²) >= 11 is 0. The van der Waals surface area contributed by atoms with E-state index in [0.717, 1.165) is 11.1 Å². The van der Waals surface area contributed by atoms with Crippen LogP contribution in [0.3, 0.4) is 0 Å². The van der Waals surface area contributed by atoms with E-state index in [-0.39, 0.29) is 24.4 Å². The number of benzene rings is 3. The first-order chi connectivity index (χ1) is 14.7. The Balaban J connectivity index is 1.59. The largest absolute Gasteiger partial charge is 0.494 e. The highest BCUT2D eigenvalue weighted by molar-refractivity contribution is 5.96. The van der Waals surface area contributed by atoms with Gasteiger partial charge in [-0.3, -0.25) is 9.59 Å². The summed E-state index contributed by atoms with van der Waals surface area (Å²) in [5, 5.41) is 5.72. The van der Waals surface area contributed by atoms with Crippen LogP contribution < -0.4 is 15.4 Å². The van der Waals surface area contributed by atoms with Crippen LogP contribution in [0.1, 0.15) is 34.5 Å². The zero-order valence-electron chi connectivity index (χ0n) is 17.0. The number of carbonyl (C=O) groups excluding carboxylic acids is 2. The van der Waals surface area contributed by atoms with Crippen molar-refractivity contribution >= 4 is 11.8 Å². The van der Waals surface area contributed by atoms with E-state index in [9.17, 15) is 9.59 Å². The van der Waals surface area contributed by atoms with Gasteiger partial charge in [0, 0.05) is 5.56 Å². The highest BCUT2D eigenvalue weighted by atomic mass is 16.5. The highest BCUT2D eigenvalue weighted by Gasteiger charge is 2.16. The molecule has 0 heterocycles. The third-order valence-electron chi connectivity index (χ3n) is 4.66. The molecule has 2 N–H and O–H groups in total. The summed E-state index contributed by atoms with van der Waals surface area (Å²) in [4.78, 5) is 24.9. The molecule has 0 spiro atoms. The Kier molecular flexibility index (Phi) is 7.61. The second-order valence-corrected chi connectivity index (χ2v) is 6.86. The first-order valence-corrected chi connectivity index (χ1v) is 10.0. The summed E-state index contributed by atoms with van der Waals surface area (Å²) in [5.74, 6) is 0.171. The van der Waals surface area contributed by atoms with Crippen LogP contribution in [0.4, 0.5) is 0 Å². The lowest BCUT2D eigenvalue weighted by atomic mass is 9.99. The third kappa shape index (κ3) is 6.21. The van der Waals surface area contributed by atoms with Crippen molar-refractivity contribution in [3.63, 3.8) is 0 Å². The minimum atomic E-state index is -0.299. The molecule has 0 fully saturated rings. The van der Waals surface area contributed by atoms with Crippen molar-refractivity contribution in [3.05, 3.63) is 102 Å². The van der Waals surface area contributed by atoms with Gasteiger partial charge in [0.25, 0.3) is 5.91 Å². The summed E-state index contributed by atoms with van der Waals surface area (Å²) in [6.07, 6.45) is 0.670. The smallest absolute Gasteiger partial charge is 0.251 e. The molecule has 0 aliphatic heterocycles. The van der Waals surface area contributed by atoms with E-state index in [1.54, 1.807) is 24.3 Å². The molecule has 5 heteroatoms. The minimum Gasteiger partial charge on any atom is -0.494 e. The van der Waals surface area contributed by atoms with Gasteiger partial charge in [-0.25, -0.2) is 0 Å². The van der Waals surface area contributed by atoms with Gasteiger partial charge < -0.3 is 15.4 Å². The van der Waals surface area contributed by atoms with Gasteiger partial charge in [-0.2, -0.15) is 0 Å². The summed E-state index contributed by atoms with van der Waals surface area (Å²) in [5.41, 5.74) is 2.63. The number of hydrogen-bond donors (Lipinski definition) is 2. The maximum Gasteiger partial charge on any atom is 0.251 e. The number of ether oxygens (including phenoxy) is 1. The standard InChI is InChI=1S/C25H26N2O3/c1-2-30-22-15-13-21(14-16-22)25(29)26-18-24(28)27-23(20-11-7-4-8-12-20)17-19-9-5-3-6-10-19/h3-16,23H,2,17-18H2,1H3,(H,26,29)(H,27,28)/t23-/m0/s1. The predicted octanol–water partition coefficient (Wildman–Crippen LogP) is 3.92. The van der Waals surface area contributed by atoms with Crippen LogP contribution in [0.15, 0.2) is 84.9 Å². The molecule has 0 unspecified atom stereocenters. The van der Waals surface area contributed by atoms with Crippen LogP contribution in [0, 0.1) is 0 Å². The minimum absolute atomic E-state index is 0.0931. The number of hydrogen-bond acceptors (Lipinski definition) is 3. The quantitative estimate of drug-likeness (QED) is 0.570. The molecule has 0 bridgehead atoms. The SMILES string of the molecule is CCOc1ccc(C(=O)NCC(=O)N[C@@H](Cc2ccccc2)c2ccccc2)cc1. The van der Waals surface area contributed by atoms with Gasteiger partial charge in [-0.1, -0.05) is 60.7 Å². The van der Waals surface area contributed by atoms with Gasteiger partial charge in [0.1, 0.15) is 5.75 Å². The van der Waals surface area contributed by atoms with Gasteiger partial charge in [0.15, 0.2) is 0 Å². The Morgan fingerprint density at radius 3 is 2.13 bits per heavy atom. The molecular formula is C25H26N2O3. The van der Waals surface area contributed by atoms with Crippen molar-refractivity contribution in [2.75, 3.05) is 13.2 Å². The van der Waals surface area contributed by atoms with Crippen LogP contribution >= 0.6 is 0 Å². The van der Waals surface area contributed by atoms with E-state index < -0.39 is 0 Å². The second kappa shape index (κ2) is 10.8. The first kappa shape index (κ1) is 21.1. The lowest BCUT2D eigenvalue weighted by molar-refractivity contribution is -0.120. The Morgan fingerprint density at radius 1 is 0.867 bits per heavy atom. The Bertz CT molecular complexity index is 941. The molecule has 3 aromatic rings. The molecule has 154 valence electrons. The third-order valence-corrected chi connectivity index (χ3v) is 4.66. The Labute approximate surface area is 177 Å². The number of nitrogens with one attached hydrogen (secondary N) is 2. The van der Waals surface area contributed by atoms with Crippen molar-refractivity contribution in [2.45, 2.75) is 19.4 Å². The molecule has 30 heavy (non-hydrogen) atoms. The average molecular weight is 402 g/mol. The zero-order chi connectivity index (χ0) is 21.2. The lowest BCUT2D eigenvalue weighted by Gasteiger charge is -2.20. The molecule has 0 aliphatic carbocycles. The van der Waals surface area contributed by atoms with E-state index >= 15 is 0 Å². The molecule has 1 atom stereocenters. The van der Waals surface area contributed by atoms with E-state index in [4.69, 9.17) is 4.74 Å². The van der Waals surface area contributed by atoms with Crippen molar-refractivity contribution < 1.29 is 14.3 Å². The molecule has 0 radical (unpaired) electrons. The van der Waals surface area contributed by atoms with Crippen LogP contribution in [0.2, 0.25) is 0 Å². The van der Waals surface area contributed by atoms with Gasteiger partial charge in [-0.15, -0.1) is 0 Å². The molecular weight excluding hydrogens is 376 g/mol. The molecule has 5 nitrogen and oxygen atoms in total. The van der Waals surface area contributed by atoms with Crippen molar-refractivity contribution in [1.82, 2.24) is 10.6 Å². The molecule has 0 aliphatic rings. The fourth-order valence-electron chi connectivity index (χ4n) is 3.16. The molecule has 0 saturated carbocycles. The van der Waals surface area contributed by atoms with Crippen LogP contribution in [-0.2, 0) is 11.2 Å². The fourth-order valence-corrected chi connectivity index (χ4v) is 3.16. The Morgan fingerprint density at radius 2 is 1.50 bits per heavy atom. The molecule has 3 aromatic carbocycles. The maximum atomic E-state index is 12.5. The predicted molar refractivity (Wildman–Crippen MR) is 117 cm³/mol.